The van der Waals surface area contributed by atoms with Crippen molar-refractivity contribution in [3.05, 3.63) is 35.7 Å². The highest BCUT2D eigenvalue weighted by molar-refractivity contribution is 5.97. The van der Waals surface area contributed by atoms with Crippen LogP contribution >= 0.6 is 0 Å². The van der Waals surface area contributed by atoms with Crippen LogP contribution in [-0.2, 0) is 4.79 Å². The number of hydrogen-bond acceptors (Lipinski definition) is 5. The van der Waals surface area contributed by atoms with Crippen LogP contribution in [0.25, 0.3) is 11.4 Å². The fourth-order valence-electron chi connectivity index (χ4n) is 2.81. The second-order valence-electron chi connectivity index (χ2n) is 5.57. The van der Waals surface area contributed by atoms with E-state index in [1.54, 1.807) is 31.2 Å². The van der Waals surface area contributed by atoms with Crippen molar-refractivity contribution in [2.75, 3.05) is 6.54 Å². The zero-order valence-corrected chi connectivity index (χ0v) is 12.7. The molecule has 1 atom stereocenters. The van der Waals surface area contributed by atoms with Gasteiger partial charge in [-0.1, -0.05) is 17.3 Å². The zero-order valence-electron chi connectivity index (χ0n) is 12.7. The van der Waals surface area contributed by atoms with Crippen LogP contribution < -0.4 is 0 Å². The van der Waals surface area contributed by atoms with E-state index in [1.807, 2.05) is 0 Å². The lowest BCUT2D eigenvalue weighted by Gasteiger charge is -2.33. The highest BCUT2D eigenvalue weighted by Crippen LogP contribution is 2.22. The maximum Gasteiger partial charge on any atom is 0.326 e. The number of hydrogen-bond donors (Lipinski definition) is 1. The number of carbonyl (C=O) groups is 2. The SMILES string of the molecule is Cc1nc(-c2cccc(C(=O)N3CCCC[C@@H]3C(=O)O)c2)no1. The van der Waals surface area contributed by atoms with Crippen molar-refractivity contribution in [3.8, 4) is 11.4 Å². The van der Waals surface area contributed by atoms with Crippen LogP contribution in [0.3, 0.4) is 0 Å². The van der Waals surface area contributed by atoms with Crippen molar-refractivity contribution in [1.29, 1.82) is 0 Å². The van der Waals surface area contributed by atoms with Crippen molar-refractivity contribution in [1.82, 2.24) is 15.0 Å². The zero-order chi connectivity index (χ0) is 16.4. The minimum Gasteiger partial charge on any atom is -0.480 e. The topological polar surface area (TPSA) is 96.5 Å². The van der Waals surface area contributed by atoms with E-state index in [1.165, 1.54) is 4.90 Å². The molecular weight excluding hydrogens is 298 g/mol. The van der Waals surface area contributed by atoms with Crippen LogP contribution in [0.1, 0.15) is 35.5 Å². The Kier molecular flexibility index (Phi) is 4.10. The van der Waals surface area contributed by atoms with E-state index in [4.69, 9.17) is 4.52 Å². The summed E-state index contributed by atoms with van der Waals surface area (Å²) in [6.07, 6.45) is 2.13. The molecule has 0 aliphatic carbocycles. The lowest BCUT2D eigenvalue weighted by atomic mass is 10.0. The van der Waals surface area contributed by atoms with Crippen LogP contribution in [0.4, 0.5) is 0 Å². The number of amides is 1. The molecule has 1 saturated heterocycles. The second-order valence-corrected chi connectivity index (χ2v) is 5.57. The highest BCUT2D eigenvalue weighted by atomic mass is 16.5. The number of piperidine rings is 1. The van der Waals surface area contributed by atoms with Gasteiger partial charge in [-0.3, -0.25) is 4.79 Å². The Morgan fingerprint density at radius 3 is 2.87 bits per heavy atom. The Balaban J connectivity index is 1.88. The van der Waals surface area contributed by atoms with Crippen LogP contribution in [-0.4, -0.2) is 44.6 Å². The minimum atomic E-state index is -0.956. The van der Waals surface area contributed by atoms with E-state index in [0.717, 1.165) is 12.8 Å². The maximum atomic E-state index is 12.7. The first-order chi connectivity index (χ1) is 11.1. The molecule has 0 bridgehead atoms. The molecular formula is C16H17N3O4. The van der Waals surface area contributed by atoms with Crippen molar-refractivity contribution in [2.24, 2.45) is 0 Å². The lowest BCUT2D eigenvalue weighted by molar-refractivity contribution is -0.143. The number of carbonyl (C=O) groups excluding carboxylic acids is 1. The number of carboxylic acids is 1. The Hall–Kier alpha value is -2.70. The molecule has 1 aliphatic heterocycles. The summed E-state index contributed by atoms with van der Waals surface area (Å²) in [5.74, 6) is -0.383. The van der Waals surface area contributed by atoms with E-state index >= 15 is 0 Å². The Bertz CT molecular complexity index is 740. The second kappa shape index (κ2) is 6.20. The first-order valence-electron chi connectivity index (χ1n) is 7.51. The third-order valence-corrected chi connectivity index (χ3v) is 3.94. The minimum absolute atomic E-state index is 0.279. The number of likely N-dealkylation sites (tertiary alicyclic amines) is 1. The molecule has 1 aliphatic rings. The van der Waals surface area contributed by atoms with Crippen LogP contribution in [0.15, 0.2) is 28.8 Å². The van der Waals surface area contributed by atoms with Gasteiger partial charge in [0.2, 0.25) is 11.7 Å². The van der Waals surface area contributed by atoms with E-state index < -0.39 is 12.0 Å². The first kappa shape index (κ1) is 15.2. The predicted octanol–water partition coefficient (Wildman–Crippen LogP) is 2.12. The van der Waals surface area contributed by atoms with E-state index in [2.05, 4.69) is 10.1 Å². The molecule has 1 N–H and O–H groups in total. The third kappa shape index (κ3) is 3.08. The number of nitrogens with zero attached hydrogens (tertiary/aromatic N) is 3. The van der Waals surface area contributed by atoms with Gasteiger partial charge >= 0.3 is 5.97 Å². The molecule has 0 radical (unpaired) electrons. The highest BCUT2D eigenvalue weighted by Gasteiger charge is 2.32. The fraction of sp³-hybridized carbons (Fsp3) is 0.375. The molecule has 7 nitrogen and oxygen atoms in total. The van der Waals surface area contributed by atoms with Gasteiger partial charge < -0.3 is 14.5 Å². The normalized spacial score (nSPS) is 18.0. The van der Waals surface area contributed by atoms with Crippen LogP contribution in [0.2, 0.25) is 0 Å². The fourth-order valence-corrected chi connectivity index (χ4v) is 2.81. The standard InChI is InChI=1S/C16H17N3O4/c1-10-17-14(18-23-10)11-5-4-6-12(9-11)15(20)19-8-3-2-7-13(19)16(21)22/h4-6,9,13H,2-3,7-8H2,1H3,(H,21,22)/t13-/m1/s1. The Morgan fingerprint density at radius 2 is 2.17 bits per heavy atom. The summed E-state index contributed by atoms with van der Waals surface area (Å²) in [6.45, 7) is 2.15. The molecule has 1 fully saturated rings. The summed E-state index contributed by atoms with van der Waals surface area (Å²) in [6, 6.07) is 6.10. The van der Waals surface area contributed by atoms with Gasteiger partial charge in [0.15, 0.2) is 0 Å². The number of benzene rings is 1. The summed E-state index contributed by atoms with van der Waals surface area (Å²) in [7, 11) is 0. The van der Waals surface area contributed by atoms with Gasteiger partial charge in [-0.2, -0.15) is 4.98 Å². The van der Waals surface area contributed by atoms with Crippen LogP contribution in [0, 0.1) is 6.92 Å². The smallest absolute Gasteiger partial charge is 0.326 e. The Labute approximate surface area is 132 Å². The van der Waals surface area contributed by atoms with Gasteiger partial charge in [0.05, 0.1) is 0 Å². The average Bonchev–Trinajstić information content (AvgIpc) is 3.01. The molecule has 3 rings (SSSR count). The van der Waals surface area contributed by atoms with Gasteiger partial charge in [0.25, 0.3) is 5.91 Å². The van der Waals surface area contributed by atoms with E-state index in [-0.39, 0.29) is 5.91 Å². The molecule has 23 heavy (non-hydrogen) atoms. The number of aryl methyl sites for hydroxylation is 1. The number of aromatic nitrogens is 2. The van der Waals surface area contributed by atoms with E-state index in [0.29, 0.717) is 35.8 Å². The van der Waals surface area contributed by atoms with Crippen molar-refractivity contribution in [3.63, 3.8) is 0 Å². The molecule has 7 heteroatoms. The number of rotatable bonds is 3. The average molecular weight is 315 g/mol. The van der Waals surface area contributed by atoms with E-state index in [9.17, 15) is 14.7 Å². The van der Waals surface area contributed by atoms with Gasteiger partial charge in [0.1, 0.15) is 6.04 Å². The number of aliphatic carboxylic acids is 1. The first-order valence-corrected chi connectivity index (χ1v) is 7.51. The molecule has 0 saturated carbocycles. The summed E-state index contributed by atoms with van der Waals surface area (Å²) in [5.41, 5.74) is 1.09. The summed E-state index contributed by atoms with van der Waals surface area (Å²) < 4.78 is 4.95. The molecule has 120 valence electrons. The predicted molar refractivity (Wildman–Crippen MR) is 80.8 cm³/mol. The maximum absolute atomic E-state index is 12.7. The van der Waals surface area contributed by atoms with Crippen LogP contribution in [0.5, 0.6) is 0 Å². The summed E-state index contributed by atoms with van der Waals surface area (Å²) in [5, 5.41) is 13.2. The van der Waals surface area contributed by atoms with Crippen molar-refractivity contribution < 1.29 is 19.2 Å². The number of carboxylic acid groups (broad SMARTS) is 1. The monoisotopic (exact) mass is 315 g/mol. The largest absolute Gasteiger partial charge is 0.480 e. The molecule has 0 unspecified atom stereocenters. The lowest BCUT2D eigenvalue weighted by Crippen LogP contribution is -2.47. The molecule has 2 heterocycles. The quantitative estimate of drug-likeness (QED) is 0.932. The molecule has 1 aromatic carbocycles. The molecule has 2 aromatic rings. The van der Waals surface area contributed by atoms with Gasteiger partial charge in [-0.25, -0.2) is 4.79 Å². The molecule has 1 amide bonds. The van der Waals surface area contributed by atoms with Gasteiger partial charge in [-0.15, -0.1) is 0 Å². The van der Waals surface area contributed by atoms with Crippen molar-refractivity contribution in [2.45, 2.75) is 32.2 Å². The third-order valence-electron chi connectivity index (χ3n) is 3.94. The van der Waals surface area contributed by atoms with Gasteiger partial charge in [-0.05, 0) is 31.4 Å². The van der Waals surface area contributed by atoms with Crippen molar-refractivity contribution >= 4 is 11.9 Å². The Morgan fingerprint density at radius 1 is 1.35 bits per heavy atom. The summed E-state index contributed by atoms with van der Waals surface area (Å²) >= 11 is 0. The molecule has 1 aromatic heterocycles. The van der Waals surface area contributed by atoms with Gasteiger partial charge in [0, 0.05) is 24.6 Å². The summed E-state index contributed by atoms with van der Waals surface area (Å²) in [4.78, 5) is 29.6. The molecule has 0 spiro atoms.